The Bertz CT molecular complexity index is 599. The van der Waals surface area contributed by atoms with Crippen molar-refractivity contribution in [2.24, 2.45) is 5.73 Å². The number of thioether (sulfide) groups is 2. The Hall–Kier alpha value is -0.560. The molecule has 1 aliphatic rings. The van der Waals surface area contributed by atoms with Gasteiger partial charge >= 0.3 is 0 Å². The fraction of sp³-hybridized carbons (Fsp3) is 0.429. The third-order valence-electron chi connectivity index (χ3n) is 3.69. The fourth-order valence-corrected chi connectivity index (χ4v) is 5.65. The van der Waals surface area contributed by atoms with E-state index in [1.807, 2.05) is 6.26 Å². The van der Waals surface area contributed by atoms with Crippen molar-refractivity contribution in [1.82, 2.24) is 10.2 Å². The summed E-state index contributed by atoms with van der Waals surface area (Å²) in [5, 5.41) is 8.79. The van der Waals surface area contributed by atoms with Crippen LogP contribution >= 0.6 is 34.9 Å². The van der Waals surface area contributed by atoms with E-state index < -0.39 is 0 Å². The van der Waals surface area contributed by atoms with Crippen LogP contribution in [0.3, 0.4) is 0 Å². The largest absolute Gasteiger partial charge is 0.323 e. The first kappa shape index (κ1) is 14.4. The Morgan fingerprint density at radius 1 is 1.20 bits per heavy atom. The molecule has 1 aromatic carbocycles. The lowest BCUT2D eigenvalue weighted by molar-refractivity contribution is 0.527. The van der Waals surface area contributed by atoms with E-state index in [4.69, 9.17) is 5.73 Å². The summed E-state index contributed by atoms with van der Waals surface area (Å²) in [5.74, 6) is 0.552. The first-order valence-corrected chi connectivity index (χ1v) is 9.49. The molecule has 0 fully saturated rings. The SMILES string of the molecule is CSc1nnc(SC2CC(C)c3ccccc3C2N)s1. The molecule has 3 atom stereocenters. The highest BCUT2D eigenvalue weighted by molar-refractivity contribution is 8.03. The fourth-order valence-electron chi connectivity index (χ4n) is 2.66. The molecule has 0 amide bonds. The second-order valence-electron chi connectivity index (χ2n) is 4.99. The second kappa shape index (κ2) is 6.05. The topological polar surface area (TPSA) is 51.8 Å². The third kappa shape index (κ3) is 2.74. The van der Waals surface area contributed by atoms with Crippen LogP contribution in [0.25, 0.3) is 0 Å². The van der Waals surface area contributed by atoms with Crippen LogP contribution in [0.1, 0.15) is 36.4 Å². The second-order valence-corrected chi connectivity index (χ2v) is 8.50. The maximum atomic E-state index is 6.47. The molecule has 3 nitrogen and oxygen atoms in total. The van der Waals surface area contributed by atoms with Crippen LogP contribution in [0.5, 0.6) is 0 Å². The van der Waals surface area contributed by atoms with E-state index in [0.29, 0.717) is 11.2 Å². The molecule has 20 heavy (non-hydrogen) atoms. The number of aromatic nitrogens is 2. The van der Waals surface area contributed by atoms with Gasteiger partial charge in [-0.25, -0.2) is 0 Å². The molecule has 2 aromatic rings. The molecule has 6 heteroatoms. The van der Waals surface area contributed by atoms with Crippen LogP contribution < -0.4 is 5.73 Å². The predicted molar refractivity (Wildman–Crippen MR) is 87.7 cm³/mol. The van der Waals surface area contributed by atoms with Gasteiger partial charge in [0.05, 0.1) is 0 Å². The lowest BCUT2D eigenvalue weighted by atomic mass is 9.81. The van der Waals surface area contributed by atoms with Gasteiger partial charge in [0.25, 0.3) is 0 Å². The zero-order valence-corrected chi connectivity index (χ0v) is 13.9. The van der Waals surface area contributed by atoms with Crippen molar-refractivity contribution in [2.45, 2.75) is 39.2 Å². The lowest BCUT2D eigenvalue weighted by Crippen LogP contribution is -2.30. The number of rotatable bonds is 3. The highest BCUT2D eigenvalue weighted by Gasteiger charge is 2.32. The first-order valence-electron chi connectivity index (χ1n) is 6.57. The lowest BCUT2D eigenvalue weighted by Gasteiger charge is -2.33. The van der Waals surface area contributed by atoms with Gasteiger partial charge in [-0.1, -0.05) is 66.0 Å². The van der Waals surface area contributed by atoms with E-state index in [1.54, 1.807) is 34.9 Å². The molecule has 0 saturated heterocycles. The van der Waals surface area contributed by atoms with Gasteiger partial charge in [-0.2, -0.15) is 0 Å². The summed E-state index contributed by atoms with van der Waals surface area (Å²) in [4.78, 5) is 0. The third-order valence-corrected chi connectivity index (χ3v) is 6.99. The molecule has 1 heterocycles. The predicted octanol–water partition coefficient (Wildman–Crippen LogP) is 3.93. The quantitative estimate of drug-likeness (QED) is 0.867. The average molecular weight is 324 g/mol. The number of nitrogens with two attached hydrogens (primary N) is 1. The Labute approximate surface area is 131 Å². The molecular weight excluding hydrogens is 306 g/mol. The summed E-state index contributed by atoms with van der Waals surface area (Å²) in [6.07, 6.45) is 3.12. The molecule has 0 saturated carbocycles. The number of nitrogens with zero attached hydrogens (tertiary/aromatic N) is 2. The first-order chi connectivity index (χ1) is 9.69. The standard InChI is InChI=1S/C14H17N3S3/c1-8-7-11(19-14-17-16-13(18-2)20-14)12(15)10-6-4-3-5-9(8)10/h3-6,8,11-12H,7,15H2,1-2H3. The number of hydrogen-bond acceptors (Lipinski definition) is 6. The van der Waals surface area contributed by atoms with Crippen LogP contribution in [0.2, 0.25) is 0 Å². The minimum absolute atomic E-state index is 0.0778. The van der Waals surface area contributed by atoms with E-state index in [9.17, 15) is 0 Å². The van der Waals surface area contributed by atoms with Gasteiger partial charge in [-0.05, 0) is 29.7 Å². The Morgan fingerprint density at radius 3 is 2.60 bits per heavy atom. The van der Waals surface area contributed by atoms with E-state index in [2.05, 4.69) is 41.4 Å². The van der Waals surface area contributed by atoms with E-state index in [1.165, 1.54) is 11.1 Å². The van der Waals surface area contributed by atoms with Crippen molar-refractivity contribution in [3.63, 3.8) is 0 Å². The highest BCUT2D eigenvalue weighted by Crippen LogP contribution is 2.44. The zero-order valence-electron chi connectivity index (χ0n) is 11.4. The molecule has 106 valence electrons. The molecule has 0 spiro atoms. The van der Waals surface area contributed by atoms with Gasteiger partial charge in [-0.15, -0.1) is 10.2 Å². The molecule has 0 radical (unpaired) electrons. The summed E-state index contributed by atoms with van der Waals surface area (Å²) < 4.78 is 2.05. The summed E-state index contributed by atoms with van der Waals surface area (Å²) in [7, 11) is 0. The number of hydrogen-bond donors (Lipinski definition) is 1. The minimum atomic E-state index is 0.0778. The monoisotopic (exact) mass is 323 g/mol. The Balaban J connectivity index is 1.82. The minimum Gasteiger partial charge on any atom is -0.323 e. The van der Waals surface area contributed by atoms with Gasteiger partial charge in [0.15, 0.2) is 8.68 Å². The van der Waals surface area contributed by atoms with Gasteiger partial charge in [-0.3, -0.25) is 0 Å². The van der Waals surface area contributed by atoms with Gasteiger partial charge in [0, 0.05) is 11.3 Å². The average Bonchev–Trinajstić information content (AvgIpc) is 2.92. The highest BCUT2D eigenvalue weighted by atomic mass is 32.2. The van der Waals surface area contributed by atoms with Crippen molar-refractivity contribution >= 4 is 34.9 Å². The molecule has 2 N–H and O–H groups in total. The van der Waals surface area contributed by atoms with Gasteiger partial charge in [0.1, 0.15) is 0 Å². The van der Waals surface area contributed by atoms with Gasteiger partial charge < -0.3 is 5.73 Å². The van der Waals surface area contributed by atoms with Crippen LogP contribution in [0.15, 0.2) is 32.9 Å². The number of fused-ring (bicyclic) bond motifs is 1. The molecule has 3 unspecified atom stereocenters. The Morgan fingerprint density at radius 2 is 1.90 bits per heavy atom. The van der Waals surface area contributed by atoms with E-state index in [-0.39, 0.29) is 6.04 Å². The molecule has 0 aliphatic heterocycles. The van der Waals surface area contributed by atoms with Crippen LogP contribution in [-0.4, -0.2) is 21.7 Å². The maximum absolute atomic E-state index is 6.47. The van der Waals surface area contributed by atoms with Crippen molar-refractivity contribution in [3.05, 3.63) is 35.4 Å². The summed E-state index contributed by atoms with van der Waals surface area (Å²) >= 11 is 5.08. The molecule has 1 aromatic heterocycles. The summed E-state index contributed by atoms with van der Waals surface area (Å²) in [6.45, 7) is 2.28. The maximum Gasteiger partial charge on any atom is 0.175 e. The van der Waals surface area contributed by atoms with Gasteiger partial charge in [0.2, 0.25) is 0 Å². The number of benzene rings is 1. The van der Waals surface area contributed by atoms with Crippen molar-refractivity contribution in [1.29, 1.82) is 0 Å². The summed E-state index contributed by atoms with van der Waals surface area (Å²) in [5.41, 5.74) is 9.16. The molecule has 1 aliphatic carbocycles. The Kier molecular flexibility index (Phi) is 4.35. The van der Waals surface area contributed by atoms with Crippen LogP contribution in [-0.2, 0) is 0 Å². The summed E-state index contributed by atoms with van der Waals surface area (Å²) in [6, 6.07) is 8.63. The molecule has 0 bridgehead atoms. The molecular formula is C14H17N3S3. The van der Waals surface area contributed by atoms with E-state index in [0.717, 1.165) is 15.1 Å². The van der Waals surface area contributed by atoms with E-state index >= 15 is 0 Å². The normalized spacial score (nSPS) is 25.4. The molecule has 3 rings (SSSR count). The van der Waals surface area contributed by atoms with Crippen molar-refractivity contribution in [3.8, 4) is 0 Å². The smallest absolute Gasteiger partial charge is 0.175 e. The zero-order chi connectivity index (χ0) is 14.1. The van der Waals surface area contributed by atoms with Crippen molar-refractivity contribution < 1.29 is 0 Å². The van der Waals surface area contributed by atoms with Crippen LogP contribution in [0.4, 0.5) is 0 Å². The van der Waals surface area contributed by atoms with Crippen LogP contribution in [0, 0.1) is 0 Å². The van der Waals surface area contributed by atoms with Crippen molar-refractivity contribution in [2.75, 3.05) is 6.26 Å².